The first kappa shape index (κ1) is 35.2. The summed E-state index contributed by atoms with van der Waals surface area (Å²) in [7, 11) is 0. The largest absolute Gasteiger partial charge is 0.290 e. The summed E-state index contributed by atoms with van der Waals surface area (Å²) in [6.07, 6.45) is 0. The summed E-state index contributed by atoms with van der Waals surface area (Å²) in [5.41, 5.74) is 6.81. The molecule has 2 heterocycles. The van der Waals surface area contributed by atoms with Crippen LogP contribution in [0, 0.1) is 0 Å². The number of hydrogen-bond donors (Lipinski definition) is 0. The molecule has 0 amide bonds. The maximum atomic E-state index is 5.31. The standard InChI is InChI=1S/C58H35N5/c1-2-17-40(18-3-1)63-54-28-13-12-27-53(54)59-58(63)57-61-55(60-56(62-57)39-30-32-50-46-24-7-5-20-42(46)44-22-9-11-26-48(44)52(50)35-39)38-16-14-15-36(33-38)37-29-31-49-45-23-6-4-19-41(45)43-21-8-10-25-47(43)51(49)34-37/h1-35H. The van der Waals surface area contributed by atoms with Gasteiger partial charge in [-0.2, -0.15) is 0 Å². The Balaban J connectivity index is 1.03. The third kappa shape index (κ3) is 5.64. The molecule has 292 valence electrons. The predicted octanol–water partition coefficient (Wildman–Crippen LogP) is 14.8. The van der Waals surface area contributed by atoms with Crippen LogP contribution in [0.3, 0.4) is 0 Å². The molecule has 11 aromatic carbocycles. The zero-order valence-corrected chi connectivity index (χ0v) is 33.9. The van der Waals surface area contributed by atoms with Crippen LogP contribution in [-0.2, 0) is 0 Å². The molecule has 0 radical (unpaired) electrons. The van der Waals surface area contributed by atoms with Gasteiger partial charge >= 0.3 is 0 Å². The number of aromatic nitrogens is 5. The Morgan fingerprint density at radius 1 is 0.254 bits per heavy atom. The minimum atomic E-state index is 0.493. The molecule has 0 atom stereocenters. The fraction of sp³-hybridized carbons (Fsp3) is 0. The zero-order valence-electron chi connectivity index (χ0n) is 33.9. The quantitative estimate of drug-likeness (QED) is 0.163. The second-order valence-electron chi connectivity index (χ2n) is 16.2. The van der Waals surface area contributed by atoms with E-state index in [2.05, 4.69) is 180 Å². The maximum absolute atomic E-state index is 5.31. The molecule has 0 saturated heterocycles. The van der Waals surface area contributed by atoms with E-state index in [0.717, 1.165) is 44.4 Å². The van der Waals surface area contributed by atoms with Crippen LogP contribution in [0.5, 0.6) is 0 Å². The number of imidazole rings is 1. The molecule has 0 aliphatic rings. The van der Waals surface area contributed by atoms with E-state index < -0.39 is 0 Å². The SMILES string of the molecule is c1ccc(-n2c(-c3nc(-c4cccc(-c5ccc6c7ccccc7c7ccccc7c6c5)c4)nc(-c4ccc5c6ccccc6c6ccccc6c5c4)n3)nc3ccccc32)cc1. The van der Waals surface area contributed by atoms with Crippen molar-refractivity contribution in [1.82, 2.24) is 24.5 Å². The number of hydrogen-bond acceptors (Lipinski definition) is 4. The number of rotatable bonds is 5. The van der Waals surface area contributed by atoms with Gasteiger partial charge in [-0.1, -0.05) is 170 Å². The second kappa shape index (κ2) is 14.0. The third-order valence-electron chi connectivity index (χ3n) is 12.6. The second-order valence-corrected chi connectivity index (χ2v) is 16.2. The van der Waals surface area contributed by atoms with Crippen LogP contribution < -0.4 is 0 Å². The minimum absolute atomic E-state index is 0.493. The third-order valence-corrected chi connectivity index (χ3v) is 12.6. The molecule has 0 fully saturated rings. The molecule has 0 bridgehead atoms. The summed E-state index contributed by atoms with van der Waals surface area (Å²) in [6.45, 7) is 0. The van der Waals surface area contributed by atoms with Crippen molar-refractivity contribution in [3.05, 3.63) is 212 Å². The summed E-state index contributed by atoms with van der Waals surface area (Å²) < 4.78 is 2.15. The Kier molecular flexibility index (Phi) is 7.84. The van der Waals surface area contributed by atoms with Crippen molar-refractivity contribution in [2.45, 2.75) is 0 Å². The molecule has 0 aliphatic carbocycles. The van der Waals surface area contributed by atoms with E-state index in [0.29, 0.717) is 23.3 Å². The van der Waals surface area contributed by atoms with E-state index >= 15 is 0 Å². The van der Waals surface area contributed by atoms with E-state index in [1.54, 1.807) is 0 Å². The molecular formula is C58H35N5. The van der Waals surface area contributed by atoms with Crippen molar-refractivity contribution in [2.75, 3.05) is 0 Å². The van der Waals surface area contributed by atoms with E-state index in [-0.39, 0.29) is 0 Å². The Hall–Kier alpha value is -8.54. The Labute approximate surface area is 362 Å². The Bertz CT molecular complexity index is 3910. The van der Waals surface area contributed by atoms with Crippen LogP contribution in [0.4, 0.5) is 0 Å². The van der Waals surface area contributed by atoms with Crippen molar-refractivity contribution in [3.8, 4) is 51.2 Å². The fourth-order valence-corrected chi connectivity index (χ4v) is 9.72. The van der Waals surface area contributed by atoms with Crippen LogP contribution in [0.1, 0.15) is 0 Å². The molecule has 0 unspecified atom stereocenters. The smallest absolute Gasteiger partial charge is 0.200 e. The van der Waals surface area contributed by atoms with Crippen molar-refractivity contribution in [2.24, 2.45) is 0 Å². The number of benzene rings is 11. The lowest BCUT2D eigenvalue weighted by Crippen LogP contribution is -2.05. The molecule has 63 heavy (non-hydrogen) atoms. The van der Waals surface area contributed by atoms with Gasteiger partial charge in [0.15, 0.2) is 23.3 Å². The molecule has 0 saturated carbocycles. The highest BCUT2D eigenvalue weighted by Gasteiger charge is 2.21. The van der Waals surface area contributed by atoms with E-state index in [1.165, 1.54) is 59.2 Å². The summed E-state index contributed by atoms with van der Waals surface area (Å²) in [6, 6.07) is 75.3. The van der Waals surface area contributed by atoms with Crippen LogP contribution in [0.2, 0.25) is 0 Å². The highest BCUT2D eigenvalue weighted by Crippen LogP contribution is 2.40. The first-order chi connectivity index (χ1) is 31.2. The fourth-order valence-electron chi connectivity index (χ4n) is 9.72. The van der Waals surface area contributed by atoms with Gasteiger partial charge in [0, 0.05) is 16.8 Å². The van der Waals surface area contributed by atoms with Gasteiger partial charge in [-0.25, -0.2) is 19.9 Å². The molecule has 0 N–H and O–H groups in total. The molecule has 13 aromatic rings. The average Bonchev–Trinajstić information content (AvgIpc) is 3.76. The van der Waals surface area contributed by atoms with Gasteiger partial charge in [-0.3, -0.25) is 4.57 Å². The highest BCUT2D eigenvalue weighted by molar-refractivity contribution is 6.27. The normalized spacial score (nSPS) is 11.8. The first-order valence-electron chi connectivity index (χ1n) is 21.3. The summed E-state index contributed by atoms with van der Waals surface area (Å²) in [5.74, 6) is 2.29. The van der Waals surface area contributed by atoms with Gasteiger partial charge in [0.25, 0.3) is 0 Å². The van der Waals surface area contributed by atoms with E-state index in [9.17, 15) is 0 Å². The van der Waals surface area contributed by atoms with Crippen LogP contribution in [0.15, 0.2) is 212 Å². The average molecular weight is 802 g/mol. The van der Waals surface area contributed by atoms with Crippen molar-refractivity contribution >= 4 is 75.7 Å². The van der Waals surface area contributed by atoms with Gasteiger partial charge in [-0.05, 0) is 118 Å². The summed E-state index contributed by atoms with van der Waals surface area (Å²) in [4.78, 5) is 21.1. The number of fused-ring (bicyclic) bond motifs is 13. The first-order valence-corrected chi connectivity index (χ1v) is 21.3. The predicted molar refractivity (Wildman–Crippen MR) is 261 cm³/mol. The lowest BCUT2D eigenvalue weighted by molar-refractivity contribution is 1.01. The van der Waals surface area contributed by atoms with Crippen molar-refractivity contribution in [1.29, 1.82) is 0 Å². The zero-order chi connectivity index (χ0) is 41.4. The van der Waals surface area contributed by atoms with Gasteiger partial charge in [0.05, 0.1) is 11.0 Å². The molecule has 5 nitrogen and oxygen atoms in total. The number of nitrogens with zero attached hydrogens (tertiary/aromatic N) is 5. The lowest BCUT2D eigenvalue weighted by atomic mass is 9.92. The topological polar surface area (TPSA) is 56.5 Å². The monoisotopic (exact) mass is 801 g/mol. The Morgan fingerprint density at radius 3 is 1.22 bits per heavy atom. The van der Waals surface area contributed by atoms with Crippen LogP contribution >= 0.6 is 0 Å². The maximum Gasteiger partial charge on any atom is 0.200 e. The number of para-hydroxylation sites is 3. The minimum Gasteiger partial charge on any atom is -0.290 e. The summed E-state index contributed by atoms with van der Waals surface area (Å²) in [5, 5.41) is 14.7. The van der Waals surface area contributed by atoms with Gasteiger partial charge < -0.3 is 0 Å². The lowest BCUT2D eigenvalue weighted by Gasteiger charge is -2.14. The van der Waals surface area contributed by atoms with Gasteiger partial charge in [0.1, 0.15) is 0 Å². The highest BCUT2D eigenvalue weighted by atomic mass is 15.1. The van der Waals surface area contributed by atoms with Gasteiger partial charge in [-0.15, -0.1) is 0 Å². The molecule has 2 aromatic heterocycles. The van der Waals surface area contributed by atoms with Crippen LogP contribution in [0.25, 0.3) is 127 Å². The summed E-state index contributed by atoms with van der Waals surface area (Å²) >= 11 is 0. The molecule has 5 heteroatoms. The molecule has 0 spiro atoms. The van der Waals surface area contributed by atoms with E-state index in [1.807, 2.05) is 36.4 Å². The van der Waals surface area contributed by atoms with Crippen molar-refractivity contribution < 1.29 is 0 Å². The van der Waals surface area contributed by atoms with E-state index in [4.69, 9.17) is 19.9 Å². The van der Waals surface area contributed by atoms with Crippen molar-refractivity contribution in [3.63, 3.8) is 0 Å². The Morgan fingerprint density at radius 2 is 0.651 bits per heavy atom. The molecule has 13 rings (SSSR count). The van der Waals surface area contributed by atoms with Crippen LogP contribution in [-0.4, -0.2) is 24.5 Å². The molecule has 0 aliphatic heterocycles. The molecular weight excluding hydrogens is 767 g/mol. The van der Waals surface area contributed by atoms with Gasteiger partial charge in [0.2, 0.25) is 0 Å².